The molecular weight excluding hydrogens is 184 g/mol. The predicted molar refractivity (Wildman–Crippen MR) is 51.2 cm³/mol. The van der Waals surface area contributed by atoms with Crippen molar-refractivity contribution in [1.29, 1.82) is 0 Å². The van der Waals surface area contributed by atoms with E-state index in [1.165, 1.54) is 0 Å². The minimum Gasteiger partial charge on any atom is -0.341 e. The van der Waals surface area contributed by atoms with E-state index in [4.69, 9.17) is 11.5 Å². The van der Waals surface area contributed by atoms with Gasteiger partial charge < -0.3 is 22.1 Å². The van der Waals surface area contributed by atoms with Crippen molar-refractivity contribution in [2.24, 2.45) is 11.5 Å². The van der Waals surface area contributed by atoms with Gasteiger partial charge in [-0.2, -0.15) is 0 Å². The molecule has 1 rings (SSSR count). The van der Waals surface area contributed by atoms with Crippen molar-refractivity contribution in [2.75, 3.05) is 0 Å². The van der Waals surface area contributed by atoms with Crippen LogP contribution in [-0.2, 0) is 9.59 Å². The molecule has 1 saturated heterocycles. The first kappa shape index (κ1) is 10.9. The molecule has 4 atom stereocenters. The first-order valence-electron chi connectivity index (χ1n) is 4.55. The quantitative estimate of drug-likeness (QED) is 0.400. The molecule has 0 spiro atoms. The second-order valence-corrected chi connectivity index (χ2v) is 3.69. The average Bonchev–Trinajstić information content (AvgIpc) is 2.07. The molecule has 6 heteroatoms. The van der Waals surface area contributed by atoms with E-state index in [1.807, 2.05) is 0 Å². The molecule has 0 aliphatic carbocycles. The normalized spacial score (nSPS) is 31.7. The molecular formula is C8H16N4O2. The zero-order valence-electron chi connectivity index (χ0n) is 8.28. The van der Waals surface area contributed by atoms with Crippen LogP contribution in [0.15, 0.2) is 0 Å². The predicted octanol–water partition coefficient (Wildman–Crippen LogP) is -2.34. The van der Waals surface area contributed by atoms with Crippen molar-refractivity contribution in [3.05, 3.63) is 0 Å². The third-order valence-electron chi connectivity index (χ3n) is 2.21. The molecule has 6 N–H and O–H groups in total. The molecule has 0 aromatic rings. The van der Waals surface area contributed by atoms with Gasteiger partial charge in [0.2, 0.25) is 11.8 Å². The van der Waals surface area contributed by atoms with Crippen LogP contribution in [0.25, 0.3) is 0 Å². The van der Waals surface area contributed by atoms with Crippen LogP contribution in [0.5, 0.6) is 0 Å². The Balaban J connectivity index is 2.72. The zero-order chi connectivity index (χ0) is 10.9. The molecule has 80 valence electrons. The first-order valence-corrected chi connectivity index (χ1v) is 4.55. The molecule has 6 nitrogen and oxygen atoms in total. The number of hydrogen-bond donors (Lipinski definition) is 4. The summed E-state index contributed by atoms with van der Waals surface area (Å²) < 4.78 is 0. The highest BCUT2D eigenvalue weighted by molar-refractivity contribution is 5.97. The maximum atomic E-state index is 11.4. The first-order chi connectivity index (χ1) is 6.43. The fourth-order valence-corrected chi connectivity index (χ4v) is 1.36. The van der Waals surface area contributed by atoms with E-state index >= 15 is 0 Å². The van der Waals surface area contributed by atoms with Crippen molar-refractivity contribution in [3.63, 3.8) is 0 Å². The minimum absolute atomic E-state index is 0.276. The highest BCUT2D eigenvalue weighted by atomic mass is 16.2. The lowest BCUT2D eigenvalue weighted by atomic mass is 10.0. The summed E-state index contributed by atoms with van der Waals surface area (Å²) in [4.78, 5) is 22.9. The smallest absolute Gasteiger partial charge is 0.244 e. The van der Waals surface area contributed by atoms with Crippen LogP contribution in [0.1, 0.15) is 13.8 Å². The van der Waals surface area contributed by atoms with Crippen LogP contribution < -0.4 is 22.1 Å². The molecule has 0 aromatic heterocycles. The molecule has 1 heterocycles. The number of carbonyl (C=O) groups is 2. The van der Waals surface area contributed by atoms with Gasteiger partial charge in [-0.05, 0) is 13.8 Å². The molecule has 4 unspecified atom stereocenters. The molecule has 1 aliphatic heterocycles. The van der Waals surface area contributed by atoms with E-state index in [9.17, 15) is 9.59 Å². The largest absolute Gasteiger partial charge is 0.341 e. The second kappa shape index (κ2) is 3.93. The van der Waals surface area contributed by atoms with Crippen molar-refractivity contribution in [1.82, 2.24) is 10.6 Å². The maximum Gasteiger partial charge on any atom is 0.244 e. The van der Waals surface area contributed by atoms with Crippen LogP contribution >= 0.6 is 0 Å². The van der Waals surface area contributed by atoms with Crippen LogP contribution in [0.4, 0.5) is 0 Å². The Bertz CT molecular complexity index is 226. The topological polar surface area (TPSA) is 110 Å². The molecule has 1 aliphatic rings. The average molecular weight is 200 g/mol. The zero-order valence-corrected chi connectivity index (χ0v) is 8.28. The summed E-state index contributed by atoms with van der Waals surface area (Å²) in [5, 5.41) is 5.08. The summed E-state index contributed by atoms with van der Waals surface area (Å²) >= 11 is 0. The maximum absolute atomic E-state index is 11.4. The number of piperazine rings is 1. The van der Waals surface area contributed by atoms with E-state index < -0.39 is 24.2 Å². The van der Waals surface area contributed by atoms with Crippen LogP contribution in [0.3, 0.4) is 0 Å². The van der Waals surface area contributed by atoms with E-state index in [1.54, 1.807) is 13.8 Å². The minimum atomic E-state index is -0.655. The van der Waals surface area contributed by atoms with Gasteiger partial charge in [-0.15, -0.1) is 0 Å². The third kappa shape index (κ3) is 2.02. The summed E-state index contributed by atoms with van der Waals surface area (Å²) in [6.07, 6.45) is 0. The second-order valence-electron chi connectivity index (χ2n) is 3.69. The Morgan fingerprint density at radius 3 is 1.50 bits per heavy atom. The highest BCUT2D eigenvalue weighted by Gasteiger charge is 2.36. The third-order valence-corrected chi connectivity index (χ3v) is 2.21. The van der Waals surface area contributed by atoms with Gasteiger partial charge in [-0.3, -0.25) is 9.59 Å². The van der Waals surface area contributed by atoms with Gasteiger partial charge >= 0.3 is 0 Å². The fourth-order valence-electron chi connectivity index (χ4n) is 1.36. The monoisotopic (exact) mass is 200 g/mol. The van der Waals surface area contributed by atoms with E-state index in [0.717, 1.165) is 0 Å². The van der Waals surface area contributed by atoms with E-state index in [2.05, 4.69) is 10.6 Å². The summed E-state index contributed by atoms with van der Waals surface area (Å²) in [7, 11) is 0. The van der Waals surface area contributed by atoms with Crippen molar-refractivity contribution in [2.45, 2.75) is 38.0 Å². The summed E-state index contributed by atoms with van der Waals surface area (Å²) in [5.74, 6) is -0.552. The highest BCUT2D eigenvalue weighted by Crippen LogP contribution is 2.02. The van der Waals surface area contributed by atoms with Gasteiger partial charge in [0, 0.05) is 12.1 Å². The fraction of sp³-hybridized carbons (Fsp3) is 0.750. The SMILES string of the molecule is CC(N)C1NC(=O)C(C(C)N)NC1=O. The molecule has 2 amide bonds. The number of amides is 2. The van der Waals surface area contributed by atoms with Crippen molar-refractivity contribution in [3.8, 4) is 0 Å². The molecule has 14 heavy (non-hydrogen) atoms. The number of carbonyl (C=O) groups excluding carboxylic acids is 2. The lowest BCUT2D eigenvalue weighted by Crippen LogP contribution is -2.69. The number of hydrogen-bond acceptors (Lipinski definition) is 4. The molecule has 0 aromatic carbocycles. The summed E-state index contributed by atoms with van der Waals surface area (Å²) in [5.41, 5.74) is 11.1. The molecule has 0 radical (unpaired) electrons. The van der Waals surface area contributed by atoms with E-state index in [-0.39, 0.29) is 11.8 Å². The summed E-state index contributed by atoms with van der Waals surface area (Å²) in [6.45, 7) is 3.33. The Kier molecular flexibility index (Phi) is 3.07. The van der Waals surface area contributed by atoms with Gasteiger partial charge in [0.15, 0.2) is 0 Å². The number of rotatable bonds is 2. The standard InChI is InChI=1S/C8H16N4O2/c1-3(9)5-7(13)12-6(4(2)10)8(14)11-5/h3-6H,9-10H2,1-2H3,(H,11,14)(H,12,13). The van der Waals surface area contributed by atoms with Crippen molar-refractivity contribution >= 4 is 11.8 Å². The number of nitrogens with one attached hydrogen (secondary N) is 2. The van der Waals surface area contributed by atoms with Gasteiger partial charge in [0.1, 0.15) is 12.1 Å². The Morgan fingerprint density at radius 2 is 1.29 bits per heavy atom. The van der Waals surface area contributed by atoms with Gasteiger partial charge in [0.25, 0.3) is 0 Å². The van der Waals surface area contributed by atoms with Crippen LogP contribution in [0.2, 0.25) is 0 Å². The number of nitrogens with two attached hydrogens (primary N) is 2. The van der Waals surface area contributed by atoms with Crippen molar-refractivity contribution < 1.29 is 9.59 Å². The Morgan fingerprint density at radius 1 is 1.00 bits per heavy atom. The van der Waals surface area contributed by atoms with Crippen LogP contribution in [-0.4, -0.2) is 36.0 Å². The van der Waals surface area contributed by atoms with Crippen LogP contribution in [0, 0.1) is 0 Å². The summed E-state index contributed by atoms with van der Waals surface area (Å²) in [6, 6.07) is -2.13. The van der Waals surface area contributed by atoms with E-state index in [0.29, 0.717) is 0 Å². The molecule has 1 fully saturated rings. The lowest BCUT2D eigenvalue weighted by Gasteiger charge is -2.32. The lowest BCUT2D eigenvalue weighted by molar-refractivity contribution is -0.137. The molecule has 0 bridgehead atoms. The molecule has 0 saturated carbocycles. The van der Waals surface area contributed by atoms with Gasteiger partial charge in [-0.1, -0.05) is 0 Å². The Labute approximate surface area is 82.4 Å². The van der Waals surface area contributed by atoms with Gasteiger partial charge in [0.05, 0.1) is 0 Å². The van der Waals surface area contributed by atoms with Gasteiger partial charge in [-0.25, -0.2) is 0 Å². The Hall–Kier alpha value is -1.14.